The van der Waals surface area contributed by atoms with Crippen LogP contribution in [0.5, 0.6) is 0 Å². The van der Waals surface area contributed by atoms with Crippen molar-refractivity contribution in [3.8, 4) is 11.1 Å². The van der Waals surface area contributed by atoms with Gasteiger partial charge in [-0.2, -0.15) is 0 Å². The molecule has 0 saturated heterocycles. The zero-order valence-corrected chi connectivity index (χ0v) is 14.5. The smallest absolute Gasteiger partial charge is 0.410 e. The van der Waals surface area contributed by atoms with E-state index >= 15 is 0 Å². The molecule has 0 saturated carbocycles. The monoisotopic (exact) mass is 324 g/mol. The Morgan fingerprint density at radius 2 is 1.79 bits per heavy atom. The summed E-state index contributed by atoms with van der Waals surface area (Å²) < 4.78 is 5.49. The molecule has 1 amide bonds. The molecule has 0 aromatic heterocycles. The number of rotatable bonds is 1. The van der Waals surface area contributed by atoms with Crippen LogP contribution in [0, 0.1) is 0 Å². The van der Waals surface area contributed by atoms with Gasteiger partial charge in [0.2, 0.25) is 0 Å². The van der Waals surface area contributed by atoms with E-state index in [-0.39, 0.29) is 6.09 Å². The SMILES string of the molecule is CC(C)(C)OC(=O)N1CCc2c(-c3ccccc3)ccc(N)c2C1. The first-order valence-electron chi connectivity index (χ1n) is 8.29. The van der Waals surface area contributed by atoms with E-state index in [2.05, 4.69) is 18.2 Å². The van der Waals surface area contributed by atoms with E-state index < -0.39 is 5.60 Å². The average molecular weight is 324 g/mol. The topological polar surface area (TPSA) is 55.6 Å². The van der Waals surface area contributed by atoms with Crippen molar-refractivity contribution in [2.24, 2.45) is 0 Å². The lowest BCUT2D eigenvalue weighted by Gasteiger charge is -2.32. The zero-order chi connectivity index (χ0) is 17.3. The third-order valence-corrected chi connectivity index (χ3v) is 4.18. The minimum Gasteiger partial charge on any atom is -0.444 e. The summed E-state index contributed by atoms with van der Waals surface area (Å²) in [5.74, 6) is 0. The molecule has 2 N–H and O–H groups in total. The van der Waals surface area contributed by atoms with Gasteiger partial charge in [0.15, 0.2) is 0 Å². The molecule has 3 rings (SSSR count). The highest BCUT2D eigenvalue weighted by Crippen LogP contribution is 2.34. The molecule has 0 radical (unpaired) electrons. The average Bonchev–Trinajstić information content (AvgIpc) is 2.54. The number of nitrogens with zero attached hydrogens (tertiary/aromatic N) is 1. The largest absolute Gasteiger partial charge is 0.444 e. The van der Waals surface area contributed by atoms with Gasteiger partial charge in [-0.25, -0.2) is 4.79 Å². The predicted molar refractivity (Wildman–Crippen MR) is 96.6 cm³/mol. The van der Waals surface area contributed by atoms with Crippen LogP contribution in [0.15, 0.2) is 42.5 Å². The van der Waals surface area contributed by atoms with Crippen molar-refractivity contribution < 1.29 is 9.53 Å². The summed E-state index contributed by atoms with van der Waals surface area (Å²) in [5, 5.41) is 0. The number of carbonyl (C=O) groups is 1. The molecule has 1 aliphatic rings. The first-order valence-corrected chi connectivity index (χ1v) is 8.29. The zero-order valence-electron chi connectivity index (χ0n) is 14.5. The van der Waals surface area contributed by atoms with Crippen molar-refractivity contribution in [3.63, 3.8) is 0 Å². The van der Waals surface area contributed by atoms with Gasteiger partial charge < -0.3 is 15.4 Å². The van der Waals surface area contributed by atoms with E-state index in [0.717, 1.165) is 17.7 Å². The Bertz CT molecular complexity index is 748. The lowest BCUT2D eigenvalue weighted by Crippen LogP contribution is -2.40. The van der Waals surface area contributed by atoms with Crippen LogP contribution in [-0.4, -0.2) is 23.1 Å². The predicted octanol–water partition coefficient (Wildman–Crippen LogP) is 4.23. The van der Waals surface area contributed by atoms with E-state index in [1.54, 1.807) is 4.90 Å². The number of carbonyl (C=O) groups excluding carboxylic acids is 1. The Hall–Kier alpha value is -2.49. The molecule has 0 spiro atoms. The van der Waals surface area contributed by atoms with Crippen molar-refractivity contribution >= 4 is 11.8 Å². The fraction of sp³-hybridized carbons (Fsp3) is 0.350. The van der Waals surface area contributed by atoms with E-state index in [1.807, 2.05) is 45.0 Å². The van der Waals surface area contributed by atoms with E-state index in [1.165, 1.54) is 16.7 Å². The molecule has 24 heavy (non-hydrogen) atoms. The van der Waals surface area contributed by atoms with Crippen molar-refractivity contribution in [2.45, 2.75) is 39.3 Å². The molecule has 1 heterocycles. The number of anilines is 1. The highest BCUT2D eigenvalue weighted by Gasteiger charge is 2.28. The van der Waals surface area contributed by atoms with Gasteiger partial charge in [-0.3, -0.25) is 0 Å². The second-order valence-electron chi connectivity index (χ2n) is 7.18. The molecular weight excluding hydrogens is 300 g/mol. The number of hydrogen-bond donors (Lipinski definition) is 1. The van der Waals surface area contributed by atoms with Crippen LogP contribution in [0.25, 0.3) is 11.1 Å². The van der Waals surface area contributed by atoms with Gasteiger partial charge in [-0.15, -0.1) is 0 Å². The van der Waals surface area contributed by atoms with Gasteiger partial charge in [-0.05, 0) is 55.5 Å². The number of fused-ring (bicyclic) bond motifs is 1. The molecule has 0 bridgehead atoms. The van der Waals surface area contributed by atoms with Crippen LogP contribution in [0.2, 0.25) is 0 Å². The number of benzene rings is 2. The quantitative estimate of drug-likeness (QED) is 0.799. The molecule has 0 unspecified atom stereocenters. The maximum Gasteiger partial charge on any atom is 0.410 e. The van der Waals surface area contributed by atoms with Crippen LogP contribution in [0.4, 0.5) is 10.5 Å². The Kier molecular flexibility index (Phi) is 4.22. The minimum absolute atomic E-state index is 0.280. The lowest BCUT2D eigenvalue weighted by molar-refractivity contribution is 0.0224. The van der Waals surface area contributed by atoms with Gasteiger partial charge in [0.25, 0.3) is 0 Å². The van der Waals surface area contributed by atoms with Gasteiger partial charge in [0.1, 0.15) is 5.60 Å². The summed E-state index contributed by atoms with van der Waals surface area (Å²) in [4.78, 5) is 14.1. The Morgan fingerprint density at radius 3 is 2.46 bits per heavy atom. The van der Waals surface area contributed by atoms with Crippen LogP contribution in [0.3, 0.4) is 0 Å². The number of nitrogens with two attached hydrogens (primary N) is 1. The summed E-state index contributed by atoms with van der Waals surface area (Å²) in [7, 11) is 0. The molecule has 0 aliphatic carbocycles. The first kappa shape index (κ1) is 16.4. The van der Waals surface area contributed by atoms with E-state index in [4.69, 9.17) is 10.5 Å². The standard InChI is InChI=1S/C20H24N2O2/c1-20(2,3)24-19(23)22-12-11-16-15(14-7-5-4-6-8-14)9-10-18(21)17(16)13-22/h4-10H,11-13,21H2,1-3H3. The Balaban J connectivity index is 1.91. The molecule has 2 aromatic carbocycles. The molecule has 4 heteroatoms. The second-order valence-corrected chi connectivity index (χ2v) is 7.18. The fourth-order valence-corrected chi connectivity index (χ4v) is 3.07. The third-order valence-electron chi connectivity index (χ3n) is 4.18. The molecule has 2 aromatic rings. The van der Waals surface area contributed by atoms with Gasteiger partial charge in [0, 0.05) is 12.2 Å². The van der Waals surface area contributed by atoms with Crippen molar-refractivity contribution in [1.82, 2.24) is 4.90 Å². The molecule has 0 atom stereocenters. The highest BCUT2D eigenvalue weighted by molar-refractivity contribution is 5.75. The van der Waals surface area contributed by atoms with Crippen LogP contribution >= 0.6 is 0 Å². The van der Waals surface area contributed by atoms with Crippen molar-refractivity contribution in [2.75, 3.05) is 12.3 Å². The fourth-order valence-electron chi connectivity index (χ4n) is 3.07. The summed E-state index contributed by atoms with van der Waals surface area (Å²) in [6, 6.07) is 14.3. The number of amides is 1. The Morgan fingerprint density at radius 1 is 1.08 bits per heavy atom. The Labute approximate surface area is 143 Å². The third kappa shape index (κ3) is 3.37. The van der Waals surface area contributed by atoms with E-state index in [9.17, 15) is 4.79 Å². The highest BCUT2D eigenvalue weighted by atomic mass is 16.6. The summed E-state index contributed by atoms with van der Waals surface area (Å²) in [6.07, 6.45) is 0.502. The lowest BCUT2D eigenvalue weighted by atomic mass is 9.90. The number of nitrogen functional groups attached to an aromatic ring is 1. The first-order chi connectivity index (χ1) is 11.3. The van der Waals surface area contributed by atoms with Gasteiger partial charge in [0.05, 0.1) is 6.54 Å². The summed E-state index contributed by atoms with van der Waals surface area (Å²) >= 11 is 0. The summed E-state index contributed by atoms with van der Waals surface area (Å²) in [5.41, 5.74) is 11.1. The summed E-state index contributed by atoms with van der Waals surface area (Å²) in [6.45, 7) is 6.78. The maximum absolute atomic E-state index is 12.4. The number of hydrogen-bond acceptors (Lipinski definition) is 3. The second kappa shape index (κ2) is 6.19. The molecular formula is C20H24N2O2. The molecule has 4 nitrogen and oxygen atoms in total. The maximum atomic E-state index is 12.4. The van der Waals surface area contributed by atoms with E-state index in [0.29, 0.717) is 13.1 Å². The van der Waals surface area contributed by atoms with Crippen molar-refractivity contribution in [1.29, 1.82) is 0 Å². The molecule has 1 aliphatic heterocycles. The molecule has 126 valence electrons. The van der Waals surface area contributed by atoms with Crippen LogP contribution in [0.1, 0.15) is 31.9 Å². The van der Waals surface area contributed by atoms with Crippen molar-refractivity contribution in [3.05, 3.63) is 53.6 Å². The van der Waals surface area contributed by atoms with Gasteiger partial charge >= 0.3 is 6.09 Å². The van der Waals surface area contributed by atoms with Gasteiger partial charge in [-0.1, -0.05) is 36.4 Å². The van der Waals surface area contributed by atoms with Crippen LogP contribution < -0.4 is 5.73 Å². The normalized spacial score (nSPS) is 14.2. The molecule has 0 fully saturated rings. The number of ether oxygens (including phenoxy) is 1. The van der Waals surface area contributed by atoms with Crippen LogP contribution in [-0.2, 0) is 17.7 Å². The minimum atomic E-state index is -0.491.